The number of amides is 1. The Balaban J connectivity index is 2.62. The van der Waals surface area contributed by atoms with Crippen molar-refractivity contribution in [2.75, 3.05) is 7.05 Å². The summed E-state index contributed by atoms with van der Waals surface area (Å²) >= 11 is 0. The van der Waals surface area contributed by atoms with Crippen molar-refractivity contribution in [3.05, 3.63) is 18.0 Å². The lowest BCUT2D eigenvalue weighted by Crippen LogP contribution is -2.34. The molecule has 1 aromatic heterocycles. The third-order valence-electron chi connectivity index (χ3n) is 2.30. The molecule has 1 unspecified atom stereocenters. The van der Waals surface area contributed by atoms with E-state index in [1.165, 1.54) is 11.8 Å². The molecule has 1 atom stereocenters. The molecule has 88 valence electrons. The summed E-state index contributed by atoms with van der Waals surface area (Å²) < 4.78 is 1.63. The van der Waals surface area contributed by atoms with Crippen LogP contribution in [0.25, 0.3) is 0 Å². The number of carboxylic acid groups (broad SMARTS) is 1. The van der Waals surface area contributed by atoms with E-state index in [-0.39, 0.29) is 0 Å². The van der Waals surface area contributed by atoms with Crippen LogP contribution < -0.4 is 0 Å². The van der Waals surface area contributed by atoms with E-state index in [1.54, 1.807) is 31.2 Å². The van der Waals surface area contributed by atoms with Crippen LogP contribution in [0.15, 0.2) is 12.4 Å². The van der Waals surface area contributed by atoms with Crippen molar-refractivity contribution in [1.29, 1.82) is 0 Å². The molecule has 1 heterocycles. The molecule has 0 aliphatic carbocycles. The molecular formula is C10H15N3O3. The lowest BCUT2D eigenvalue weighted by Gasteiger charge is -2.18. The minimum absolute atomic E-state index is 0.365. The van der Waals surface area contributed by atoms with Crippen LogP contribution in [-0.2, 0) is 23.2 Å². The number of hydrogen-bond acceptors (Lipinski definition) is 3. The Kier molecular flexibility index (Phi) is 3.65. The molecule has 0 aliphatic rings. The van der Waals surface area contributed by atoms with Crippen LogP contribution in [-0.4, -0.2) is 38.7 Å². The van der Waals surface area contributed by atoms with Gasteiger partial charge in [0.25, 0.3) is 0 Å². The highest BCUT2D eigenvalue weighted by molar-refractivity contribution is 5.96. The molecule has 0 bridgehead atoms. The van der Waals surface area contributed by atoms with Gasteiger partial charge in [0.05, 0.1) is 6.20 Å². The Morgan fingerprint density at radius 3 is 2.69 bits per heavy atom. The van der Waals surface area contributed by atoms with E-state index in [0.29, 0.717) is 6.54 Å². The van der Waals surface area contributed by atoms with Crippen LogP contribution in [0, 0.1) is 5.92 Å². The lowest BCUT2D eigenvalue weighted by molar-refractivity contribution is -0.149. The largest absolute Gasteiger partial charge is 0.481 e. The molecule has 1 aromatic rings. The minimum atomic E-state index is -1.11. The molecule has 0 aliphatic heterocycles. The summed E-state index contributed by atoms with van der Waals surface area (Å²) in [6.07, 6.45) is 3.43. The summed E-state index contributed by atoms with van der Waals surface area (Å²) in [5.41, 5.74) is 0.871. The van der Waals surface area contributed by atoms with E-state index in [9.17, 15) is 9.59 Å². The fourth-order valence-electron chi connectivity index (χ4n) is 1.34. The normalized spacial score (nSPS) is 12.2. The van der Waals surface area contributed by atoms with Gasteiger partial charge in [0, 0.05) is 32.4 Å². The second-order valence-corrected chi connectivity index (χ2v) is 3.78. The average molecular weight is 225 g/mol. The first-order valence-electron chi connectivity index (χ1n) is 4.87. The van der Waals surface area contributed by atoms with E-state index < -0.39 is 17.8 Å². The van der Waals surface area contributed by atoms with Crippen molar-refractivity contribution in [3.63, 3.8) is 0 Å². The van der Waals surface area contributed by atoms with Crippen molar-refractivity contribution >= 4 is 11.9 Å². The maximum Gasteiger partial charge on any atom is 0.315 e. The monoisotopic (exact) mass is 225 g/mol. The zero-order valence-corrected chi connectivity index (χ0v) is 9.54. The van der Waals surface area contributed by atoms with Crippen molar-refractivity contribution < 1.29 is 14.7 Å². The van der Waals surface area contributed by atoms with E-state index >= 15 is 0 Å². The summed E-state index contributed by atoms with van der Waals surface area (Å²) in [7, 11) is 3.36. The molecule has 0 spiro atoms. The van der Waals surface area contributed by atoms with Crippen molar-refractivity contribution in [2.45, 2.75) is 13.5 Å². The molecule has 0 radical (unpaired) electrons. The fourth-order valence-corrected chi connectivity index (χ4v) is 1.34. The maximum atomic E-state index is 11.6. The van der Waals surface area contributed by atoms with Crippen LogP contribution in [0.3, 0.4) is 0 Å². The average Bonchev–Trinajstić information content (AvgIpc) is 2.61. The zero-order valence-electron chi connectivity index (χ0n) is 9.54. The maximum absolute atomic E-state index is 11.6. The van der Waals surface area contributed by atoms with Crippen molar-refractivity contribution in [1.82, 2.24) is 14.7 Å². The van der Waals surface area contributed by atoms with Gasteiger partial charge in [-0.3, -0.25) is 14.3 Å². The van der Waals surface area contributed by atoms with Gasteiger partial charge >= 0.3 is 5.97 Å². The first-order chi connectivity index (χ1) is 7.41. The standard InChI is InChI=1S/C10H15N3O3/c1-7(10(15)16)9(14)12(2)5-8-4-11-13(3)6-8/h4,6-7H,5H2,1-3H3,(H,15,16). The number of nitrogens with zero attached hydrogens (tertiary/aromatic N) is 3. The van der Waals surface area contributed by atoms with Gasteiger partial charge in [0.2, 0.25) is 5.91 Å². The van der Waals surface area contributed by atoms with Crippen LogP contribution in [0.4, 0.5) is 0 Å². The molecule has 6 nitrogen and oxygen atoms in total. The third-order valence-corrected chi connectivity index (χ3v) is 2.30. The van der Waals surface area contributed by atoms with Crippen molar-refractivity contribution in [3.8, 4) is 0 Å². The SMILES string of the molecule is CC(C(=O)O)C(=O)N(C)Cc1cnn(C)c1. The molecule has 1 amide bonds. The molecule has 0 saturated heterocycles. The molecule has 1 rings (SSSR count). The van der Waals surface area contributed by atoms with Crippen LogP contribution in [0.1, 0.15) is 12.5 Å². The fraction of sp³-hybridized carbons (Fsp3) is 0.500. The summed E-state index contributed by atoms with van der Waals surface area (Å²) in [6, 6.07) is 0. The molecule has 0 fully saturated rings. The number of aryl methyl sites for hydroxylation is 1. The van der Waals surface area contributed by atoms with Gasteiger partial charge in [-0.25, -0.2) is 0 Å². The zero-order chi connectivity index (χ0) is 12.3. The van der Waals surface area contributed by atoms with Gasteiger partial charge < -0.3 is 10.0 Å². The summed E-state index contributed by atoms with van der Waals surface area (Å²) in [5, 5.41) is 12.7. The smallest absolute Gasteiger partial charge is 0.315 e. The Morgan fingerprint density at radius 1 is 1.62 bits per heavy atom. The van der Waals surface area contributed by atoms with Gasteiger partial charge in [-0.05, 0) is 6.92 Å². The number of rotatable bonds is 4. The first kappa shape index (κ1) is 12.2. The Bertz CT molecular complexity index is 400. The summed E-state index contributed by atoms with van der Waals surface area (Å²) in [6.45, 7) is 1.74. The van der Waals surface area contributed by atoms with Crippen LogP contribution >= 0.6 is 0 Å². The second-order valence-electron chi connectivity index (χ2n) is 3.78. The van der Waals surface area contributed by atoms with Crippen LogP contribution in [0.2, 0.25) is 0 Å². The topological polar surface area (TPSA) is 75.4 Å². The predicted octanol–water partition coefficient (Wildman–Crippen LogP) is 0.0992. The van der Waals surface area contributed by atoms with Gasteiger partial charge in [-0.15, -0.1) is 0 Å². The lowest BCUT2D eigenvalue weighted by atomic mass is 10.1. The highest BCUT2D eigenvalue weighted by Gasteiger charge is 2.23. The van der Waals surface area contributed by atoms with E-state index in [2.05, 4.69) is 5.10 Å². The molecular weight excluding hydrogens is 210 g/mol. The number of carbonyl (C=O) groups is 2. The minimum Gasteiger partial charge on any atom is -0.481 e. The molecule has 0 saturated carbocycles. The Labute approximate surface area is 93.5 Å². The van der Waals surface area contributed by atoms with E-state index in [4.69, 9.17) is 5.11 Å². The Morgan fingerprint density at radius 2 is 2.25 bits per heavy atom. The third kappa shape index (κ3) is 2.82. The first-order valence-corrected chi connectivity index (χ1v) is 4.87. The number of aliphatic carboxylic acids is 1. The van der Waals surface area contributed by atoms with E-state index in [1.807, 2.05) is 0 Å². The highest BCUT2D eigenvalue weighted by atomic mass is 16.4. The Hall–Kier alpha value is -1.85. The number of hydrogen-bond donors (Lipinski definition) is 1. The number of carbonyl (C=O) groups excluding carboxylic acids is 1. The number of aromatic nitrogens is 2. The molecule has 0 aromatic carbocycles. The quantitative estimate of drug-likeness (QED) is 0.737. The summed E-state index contributed by atoms with van der Waals surface area (Å²) in [5.74, 6) is -2.53. The van der Waals surface area contributed by atoms with Crippen LogP contribution in [0.5, 0.6) is 0 Å². The van der Waals surface area contributed by atoms with Crippen molar-refractivity contribution in [2.24, 2.45) is 13.0 Å². The van der Waals surface area contributed by atoms with E-state index in [0.717, 1.165) is 5.56 Å². The highest BCUT2D eigenvalue weighted by Crippen LogP contribution is 2.06. The number of carboxylic acids is 1. The van der Waals surface area contributed by atoms with Gasteiger partial charge in [-0.2, -0.15) is 5.10 Å². The molecule has 6 heteroatoms. The summed E-state index contributed by atoms with van der Waals surface area (Å²) in [4.78, 5) is 23.6. The van der Waals surface area contributed by atoms with Gasteiger partial charge in [-0.1, -0.05) is 0 Å². The second kappa shape index (κ2) is 4.78. The van der Waals surface area contributed by atoms with Gasteiger partial charge in [0.15, 0.2) is 0 Å². The molecule has 16 heavy (non-hydrogen) atoms. The van der Waals surface area contributed by atoms with Gasteiger partial charge in [0.1, 0.15) is 5.92 Å². The predicted molar refractivity (Wildman–Crippen MR) is 56.5 cm³/mol. The molecule has 1 N–H and O–H groups in total.